The van der Waals surface area contributed by atoms with Crippen molar-refractivity contribution in [1.29, 1.82) is 0 Å². The fourth-order valence-electron chi connectivity index (χ4n) is 2.13. The molecule has 0 aromatic heterocycles. The predicted molar refractivity (Wildman–Crippen MR) is 64.9 cm³/mol. The fourth-order valence-corrected chi connectivity index (χ4v) is 2.13. The van der Waals surface area contributed by atoms with Crippen LogP contribution in [-0.4, -0.2) is 52.6 Å². The maximum absolute atomic E-state index is 12.2. The van der Waals surface area contributed by atoms with E-state index in [9.17, 15) is 9.59 Å². The van der Waals surface area contributed by atoms with Crippen molar-refractivity contribution in [3.05, 3.63) is 0 Å². The third-order valence-electron chi connectivity index (χ3n) is 3.51. The van der Waals surface area contributed by atoms with Gasteiger partial charge in [-0.3, -0.25) is 4.79 Å². The lowest BCUT2D eigenvalue weighted by molar-refractivity contribution is -0.138. The van der Waals surface area contributed by atoms with Gasteiger partial charge in [-0.2, -0.15) is 0 Å². The lowest BCUT2D eigenvalue weighted by Crippen LogP contribution is -2.51. The SMILES string of the molecule is CCN(C(=O)N(C)C1CCC1)C(C)CC(=O)O. The molecule has 1 aliphatic rings. The summed E-state index contributed by atoms with van der Waals surface area (Å²) in [6.45, 7) is 4.21. The average Bonchev–Trinajstić information content (AvgIpc) is 2.14. The quantitative estimate of drug-likeness (QED) is 0.799. The first-order chi connectivity index (χ1) is 7.97. The smallest absolute Gasteiger partial charge is 0.320 e. The Balaban J connectivity index is 2.58. The molecule has 17 heavy (non-hydrogen) atoms. The summed E-state index contributed by atoms with van der Waals surface area (Å²) < 4.78 is 0. The van der Waals surface area contributed by atoms with Gasteiger partial charge in [-0.15, -0.1) is 0 Å². The molecule has 5 nitrogen and oxygen atoms in total. The van der Waals surface area contributed by atoms with Gasteiger partial charge in [-0.05, 0) is 33.1 Å². The number of amides is 2. The van der Waals surface area contributed by atoms with Gasteiger partial charge < -0.3 is 14.9 Å². The molecule has 98 valence electrons. The molecule has 0 saturated heterocycles. The zero-order valence-electron chi connectivity index (χ0n) is 10.8. The molecule has 1 N–H and O–H groups in total. The van der Waals surface area contributed by atoms with Crippen molar-refractivity contribution >= 4 is 12.0 Å². The van der Waals surface area contributed by atoms with Gasteiger partial charge in [0.25, 0.3) is 0 Å². The second-order valence-corrected chi connectivity index (χ2v) is 4.71. The first kappa shape index (κ1) is 13.8. The second-order valence-electron chi connectivity index (χ2n) is 4.71. The van der Waals surface area contributed by atoms with E-state index in [4.69, 9.17) is 5.11 Å². The number of rotatable bonds is 5. The monoisotopic (exact) mass is 242 g/mol. The minimum absolute atomic E-state index is 0.00190. The molecule has 5 heteroatoms. The normalized spacial score (nSPS) is 17.1. The Labute approximate surface area is 102 Å². The van der Waals surface area contributed by atoms with E-state index < -0.39 is 5.97 Å². The zero-order valence-corrected chi connectivity index (χ0v) is 10.8. The van der Waals surface area contributed by atoms with E-state index in [1.807, 2.05) is 14.0 Å². The van der Waals surface area contributed by atoms with E-state index >= 15 is 0 Å². The highest BCUT2D eigenvalue weighted by molar-refractivity contribution is 5.76. The van der Waals surface area contributed by atoms with Crippen LogP contribution in [0.4, 0.5) is 4.79 Å². The summed E-state index contributed by atoms with van der Waals surface area (Å²) in [5.41, 5.74) is 0. The number of urea groups is 1. The maximum Gasteiger partial charge on any atom is 0.320 e. The summed E-state index contributed by atoms with van der Waals surface area (Å²) in [6.07, 6.45) is 3.30. The molecule has 0 aliphatic heterocycles. The van der Waals surface area contributed by atoms with E-state index in [1.165, 1.54) is 6.42 Å². The zero-order chi connectivity index (χ0) is 13.0. The van der Waals surface area contributed by atoms with Gasteiger partial charge >= 0.3 is 12.0 Å². The van der Waals surface area contributed by atoms with Crippen LogP contribution in [0.15, 0.2) is 0 Å². The molecule has 0 heterocycles. The summed E-state index contributed by atoms with van der Waals surface area (Å²) in [5.74, 6) is -0.866. The number of carboxylic acids is 1. The van der Waals surface area contributed by atoms with Gasteiger partial charge in [-0.25, -0.2) is 4.79 Å². The number of hydrogen-bond donors (Lipinski definition) is 1. The molecule has 0 aromatic carbocycles. The minimum Gasteiger partial charge on any atom is -0.481 e. The van der Waals surface area contributed by atoms with Crippen molar-refractivity contribution in [2.45, 2.75) is 51.6 Å². The van der Waals surface area contributed by atoms with Gasteiger partial charge in [0.1, 0.15) is 0 Å². The highest BCUT2D eigenvalue weighted by atomic mass is 16.4. The summed E-state index contributed by atoms with van der Waals surface area (Å²) in [5, 5.41) is 8.76. The number of carbonyl (C=O) groups excluding carboxylic acids is 1. The molecular formula is C12H22N2O3. The number of carboxylic acid groups (broad SMARTS) is 1. The van der Waals surface area contributed by atoms with Gasteiger partial charge in [0.2, 0.25) is 0 Å². The largest absolute Gasteiger partial charge is 0.481 e. The van der Waals surface area contributed by atoms with Gasteiger partial charge in [0.15, 0.2) is 0 Å². The average molecular weight is 242 g/mol. The van der Waals surface area contributed by atoms with Crippen LogP contribution in [0.25, 0.3) is 0 Å². The third kappa shape index (κ3) is 3.35. The van der Waals surface area contributed by atoms with Crippen LogP contribution in [0.1, 0.15) is 39.5 Å². The Morgan fingerprint density at radius 2 is 2.00 bits per heavy atom. The highest BCUT2D eigenvalue weighted by Gasteiger charge is 2.30. The first-order valence-electron chi connectivity index (χ1n) is 6.22. The maximum atomic E-state index is 12.2. The van der Waals surface area contributed by atoms with Crippen LogP contribution in [0.5, 0.6) is 0 Å². The molecule has 2 amide bonds. The topological polar surface area (TPSA) is 60.9 Å². The Bertz CT molecular complexity index is 289. The van der Waals surface area contributed by atoms with Crippen LogP contribution in [0, 0.1) is 0 Å². The van der Waals surface area contributed by atoms with Crippen molar-refractivity contribution < 1.29 is 14.7 Å². The van der Waals surface area contributed by atoms with Crippen molar-refractivity contribution in [2.24, 2.45) is 0 Å². The van der Waals surface area contributed by atoms with E-state index in [0.717, 1.165) is 12.8 Å². The third-order valence-corrected chi connectivity index (χ3v) is 3.51. The van der Waals surface area contributed by atoms with Crippen molar-refractivity contribution in [2.75, 3.05) is 13.6 Å². The van der Waals surface area contributed by atoms with E-state index in [0.29, 0.717) is 12.6 Å². The number of aliphatic carboxylic acids is 1. The number of carbonyl (C=O) groups is 2. The molecule has 0 spiro atoms. The predicted octanol–water partition coefficient (Wildman–Crippen LogP) is 1.78. The molecule has 1 saturated carbocycles. The number of nitrogens with zero attached hydrogens (tertiary/aromatic N) is 2. The summed E-state index contributed by atoms with van der Waals surface area (Å²) in [6, 6.07) is 0.0343. The molecule has 0 bridgehead atoms. The van der Waals surface area contributed by atoms with Crippen molar-refractivity contribution in [1.82, 2.24) is 9.80 Å². The molecule has 0 aromatic rings. The van der Waals surface area contributed by atoms with E-state index in [1.54, 1.807) is 16.7 Å². The Morgan fingerprint density at radius 3 is 2.35 bits per heavy atom. The van der Waals surface area contributed by atoms with Gasteiger partial charge in [0, 0.05) is 25.7 Å². The molecule has 1 aliphatic carbocycles. The molecule has 1 atom stereocenters. The van der Waals surface area contributed by atoms with Crippen molar-refractivity contribution in [3.8, 4) is 0 Å². The summed E-state index contributed by atoms with van der Waals surface area (Å²) in [4.78, 5) is 26.2. The molecule has 1 fully saturated rings. The Hall–Kier alpha value is -1.26. The fraction of sp³-hybridized carbons (Fsp3) is 0.833. The molecular weight excluding hydrogens is 220 g/mol. The van der Waals surface area contributed by atoms with Crippen LogP contribution in [-0.2, 0) is 4.79 Å². The minimum atomic E-state index is -0.866. The summed E-state index contributed by atoms with van der Waals surface area (Å²) in [7, 11) is 1.81. The van der Waals surface area contributed by atoms with Gasteiger partial charge in [-0.1, -0.05) is 0 Å². The molecule has 0 radical (unpaired) electrons. The number of hydrogen-bond acceptors (Lipinski definition) is 2. The van der Waals surface area contributed by atoms with Crippen LogP contribution >= 0.6 is 0 Å². The lowest BCUT2D eigenvalue weighted by Gasteiger charge is -2.39. The van der Waals surface area contributed by atoms with E-state index in [2.05, 4.69) is 0 Å². The second kappa shape index (κ2) is 5.89. The lowest BCUT2D eigenvalue weighted by atomic mass is 9.92. The summed E-state index contributed by atoms with van der Waals surface area (Å²) >= 11 is 0. The van der Waals surface area contributed by atoms with Gasteiger partial charge in [0.05, 0.1) is 6.42 Å². The van der Waals surface area contributed by atoms with Crippen LogP contribution in [0.2, 0.25) is 0 Å². The van der Waals surface area contributed by atoms with Crippen LogP contribution < -0.4 is 0 Å². The highest BCUT2D eigenvalue weighted by Crippen LogP contribution is 2.24. The molecule has 1 unspecified atom stereocenters. The Morgan fingerprint density at radius 1 is 1.41 bits per heavy atom. The van der Waals surface area contributed by atoms with Crippen LogP contribution in [0.3, 0.4) is 0 Å². The van der Waals surface area contributed by atoms with E-state index in [-0.39, 0.29) is 18.5 Å². The van der Waals surface area contributed by atoms with Crippen molar-refractivity contribution in [3.63, 3.8) is 0 Å². The standard InChI is InChI=1S/C12H22N2O3/c1-4-14(9(2)8-11(15)16)12(17)13(3)10-6-5-7-10/h9-10H,4-8H2,1-3H3,(H,15,16). The molecule has 1 rings (SSSR count). The Kier molecular flexibility index (Phi) is 4.78. The first-order valence-corrected chi connectivity index (χ1v) is 6.22.